The summed E-state index contributed by atoms with van der Waals surface area (Å²) in [5, 5.41) is 0. The van der Waals surface area contributed by atoms with E-state index in [0.29, 0.717) is 16.0 Å². The Labute approximate surface area is 143 Å². The normalized spacial score (nSPS) is 11.5. The fourth-order valence-corrected chi connectivity index (χ4v) is 4.19. The van der Waals surface area contributed by atoms with Crippen LogP contribution in [0.2, 0.25) is 0 Å². The number of ether oxygens (including phenoxy) is 1. The van der Waals surface area contributed by atoms with Crippen molar-refractivity contribution in [3.8, 4) is 0 Å². The Morgan fingerprint density at radius 1 is 1.30 bits per heavy atom. The number of carbonyl (C=O) groups excluding carboxylic acids is 1. The van der Waals surface area contributed by atoms with Gasteiger partial charge in [0.15, 0.2) is 0 Å². The molecule has 0 saturated heterocycles. The summed E-state index contributed by atoms with van der Waals surface area (Å²) in [7, 11) is -2.44. The molecule has 0 saturated carbocycles. The van der Waals surface area contributed by atoms with Gasteiger partial charge in [-0.15, -0.1) is 0 Å². The highest BCUT2D eigenvalue weighted by atomic mass is 79.9. The molecule has 1 heterocycles. The van der Waals surface area contributed by atoms with Crippen LogP contribution in [0.4, 0.5) is 0 Å². The molecule has 0 bridgehead atoms. The third-order valence-corrected chi connectivity index (χ3v) is 5.57. The minimum absolute atomic E-state index is 0.0690. The summed E-state index contributed by atoms with van der Waals surface area (Å²) in [6, 6.07) is 6.43. The van der Waals surface area contributed by atoms with E-state index in [2.05, 4.69) is 25.4 Å². The molecule has 2 aromatic rings. The van der Waals surface area contributed by atoms with Crippen LogP contribution < -0.4 is 4.72 Å². The lowest BCUT2D eigenvalue weighted by atomic mass is 10.2. The van der Waals surface area contributed by atoms with Gasteiger partial charge in [0, 0.05) is 4.47 Å². The van der Waals surface area contributed by atoms with Crippen LogP contribution in [0.5, 0.6) is 0 Å². The minimum Gasteiger partial charge on any atom is -0.465 e. The number of halogens is 1. The Morgan fingerprint density at radius 3 is 2.61 bits per heavy atom. The lowest BCUT2D eigenvalue weighted by molar-refractivity contribution is 0.0599. The molecule has 0 spiro atoms. The zero-order valence-corrected chi connectivity index (χ0v) is 15.2. The average Bonchev–Trinajstić information content (AvgIpc) is 2.85. The van der Waals surface area contributed by atoms with Crippen molar-refractivity contribution >= 4 is 31.9 Å². The van der Waals surface area contributed by atoms with Crippen LogP contribution in [0.1, 0.15) is 27.4 Å². The molecule has 0 amide bonds. The van der Waals surface area contributed by atoms with Gasteiger partial charge in [0.2, 0.25) is 10.0 Å². The zero-order valence-electron chi connectivity index (χ0n) is 12.8. The van der Waals surface area contributed by atoms with Crippen molar-refractivity contribution in [3.63, 3.8) is 0 Å². The standard InChI is InChI=1S/C15H16BrNO5S/c1-9-4-5-14(13(16)6-9)23(19,20)17-8-11-7-12(10(2)22-11)15(18)21-3/h4-7,17H,8H2,1-3H3. The van der Waals surface area contributed by atoms with E-state index < -0.39 is 16.0 Å². The molecular formula is C15H16BrNO5S. The molecule has 2 rings (SSSR count). The van der Waals surface area contributed by atoms with Gasteiger partial charge in [0.25, 0.3) is 0 Å². The number of sulfonamides is 1. The third-order valence-electron chi connectivity index (χ3n) is 3.19. The summed E-state index contributed by atoms with van der Waals surface area (Å²) < 4.78 is 37.6. The van der Waals surface area contributed by atoms with Crippen LogP contribution in [0, 0.1) is 13.8 Å². The number of furan rings is 1. The Morgan fingerprint density at radius 2 is 2.00 bits per heavy atom. The molecule has 8 heteroatoms. The molecule has 1 aromatic carbocycles. The first-order chi connectivity index (χ1) is 10.7. The maximum Gasteiger partial charge on any atom is 0.341 e. The van der Waals surface area contributed by atoms with Gasteiger partial charge in [-0.2, -0.15) is 0 Å². The number of methoxy groups -OCH3 is 1. The Kier molecular flexibility index (Phi) is 5.28. The van der Waals surface area contributed by atoms with Crippen molar-refractivity contribution in [3.05, 3.63) is 51.4 Å². The Hall–Kier alpha value is -1.64. The predicted molar refractivity (Wildman–Crippen MR) is 87.7 cm³/mol. The van der Waals surface area contributed by atoms with E-state index in [1.165, 1.54) is 19.2 Å². The molecule has 0 aliphatic heterocycles. The number of carbonyl (C=O) groups is 1. The van der Waals surface area contributed by atoms with Crippen molar-refractivity contribution in [2.24, 2.45) is 0 Å². The van der Waals surface area contributed by atoms with Crippen molar-refractivity contribution in [1.29, 1.82) is 0 Å². The second-order valence-electron chi connectivity index (χ2n) is 4.93. The molecule has 0 aliphatic rings. The van der Waals surface area contributed by atoms with E-state index >= 15 is 0 Å². The third kappa shape index (κ3) is 4.01. The van der Waals surface area contributed by atoms with E-state index in [-0.39, 0.29) is 17.0 Å². The molecule has 1 N–H and O–H groups in total. The summed E-state index contributed by atoms with van der Waals surface area (Å²) in [5.41, 5.74) is 1.22. The molecule has 0 fully saturated rings. The molecule has 0 unspecified atom stereocenters. The Balaban J connectivity index is 2.18. The second kappa shape index (κ2) is 6.86. The topological polar surface area (TPSA) is 85.6 Å². The van der Waals surface area contributed by atoms with Crippen molar-refractivity contribution in [2.75, 3.05) is 7.11 Å². The largest absolute Gasteiger partial charge is 0.465 e. The molecule has 23 heavy (non-hydrogen) atoms. The van der Waals surface area contributed by atoms with Gasteiger partial charge >= 0.3 is 5.97 Å². The molecule has 0 aliphatic carbocycles. The van der Waals surface area contributed by atoms with Crippen LogP contribution in [-0.4, -0.2) is 21.5 Å². The SMILES string of the molecule is COC(=O)c1cc(CNS(=O)(=O)c2ccc(C)cc2Br)oc1C. The lowest BCUT2D eigenvalue weighted by Gasteiger charge is -2.08. The highest BCUT2D eigenvalue weighted by Crippen LogP contribution is 2.23. The highest BCUT2D eigenvalue weighted by Gasteiger charge is 2.20. The summed E-state index contributed by atoms with van der Waals surface area (Å²) in [6.45, 7) is 3.41. The number of esters is 1. The van der Waals surface area contributed by atoms with Crippen LogP contribution in [-0.2, 0) is 21.3 Å². The van der Waals surface area contributed by atoms with Gasteiger partial charge < -0.3 is 9.15 Å². The van der Waals surface area contributed by atoms with Crippen molar-refractivity contribution in [2.45, 2.75) is 25.3 Å². The monoisotopic (exact) mass is 401 g/mol. The first-order valence-electron chi connectivity index (χ1n) is 6.68. The van der Waals surface area contributed by atoms with Gasteiger partial charge in [0.05, 0.1) is 18.6 Å². The molecule has 124 valence electrons. The first kappa shape index (κ1) is 17.7. The van der Waals surface area contributed by atoms with Crippen LogP contribution in [0.25, 0.3) is 0 Å². The number of nitrogens with one attached hydrogen (secondary N) is 1. The summed E-state index contributed by atoms with van der Waals surface area (Å²) in [5.74, 6) is 0.180. The van der Waals surface area contributed by atoms with Crippen LogP contribution in [0.15, 0.2) is 38.1 Å². The zero-order chi connectivity index (χ0) is 17.2. The number of hydrogen-bond donors (Lipinski definition) is 1. The minimum atomic E-state index is -3.71. The van der Waals surface area contributed by atoms with Gasteiger partial charge in [-0.1, -0.05) is 6.07 Å². The maximum atomic E-state index is 12.3. The number of hydrogen-bond acceptors (Lipinski definition) is 5. The number of rotatable bonds is 5. The summed E-state index contributed by atoms with van der Waals surface area (Å²) >= 11 is 3.25. The summed E-state index contributed by atoms with van der Waals surface area (Å²) in [6.07, 6.45) is 0. The molecular weight excluding hydrogens is 386 g/mol. The van der Waals surface area contributed by atoms with Gasteiger partial charge in [-0.3, -0.25) is 0 Å². The second-order valence-corrected chi connectivity index (χ2v) is 7.52. The quantitative estimate of drug-likeness (QED) is 0.778. The van der Waals surface area contributed by atoms with E-state index in [4.69, 9.17) is 4.42 Å². The van der Waals surface area contributed by atoms with Gasteiger partial charge in [-0.25, -0.2) is 17.9 Å². The van der Waals surface area contributed by atoms with Crippen molar-refractivity contribution < 1.29 is 22.4 Å². The van der Waals surface area contributed by atoms with Crippen molar-refractivity contribution in [1.82, 2.24) is 4.72 Å². The van der Waals surface area contributed by atoms with E-state index in [9.17, 15) is 13.2 Å². The lowest BCUT2D eigenvalue weighted by Crippen LogP contribution is -2.23. The van der Waals surface area contributed by atoms with Gasteiger partial charge in [-0.05, 0) is 53.5 Å². The van der Waals surface area contributed by atoms with E-state index in [1.54, 1.807) is 19.1 Å². The van der Waals surface area contributed by atoms with E-state index in [0.717, 1.165) is 5.56 Å². The summed E-state index contributed by atoms with van der Waals surface area (Å²) in [4.78, 5) is 11.7. The average molecular weight is 402 g/mol. The molecule has 0 radical (unpaired) electrons. The highest BCUT2D eigenvalue weighted by molar-refractivity contribution is 9.10. The smallest absolute Gasteiger partial charge is 0.341 e. The van der Waals surface area contributed by atoms with Crippen LogP contribution in [0.3, 0.4) is 0 Å². The number of benzene rings is 1. The molecule has 6 nitrogen and oxygen atoms in total. The predicted octanol–water partition coefficient (Wildman–Crippen LogP) is 2.92. The fourth-order valence-electron chi connectivity index (χ4n) is 2.01. The molecule has 0 atom stereocenters. The maximum absolute atomic E-state index is 12.3. The fraction of sp³-hybridized carbons (Fsp3) is 0.267. The first-order valence-corrected chi connectivity index (χ1v) is 8.95. The van der Waals surface area contributed by atoms with Gasteiger partial charge in [0.1, 0.15) is 17.1 Å². The van der Waals surface area contributed by atoms with Crippen LogP contribution >= 0.6 is 15.9 Å². The van der Waals surface area contributed by atoms with E-state index in [1.807, 2.05) is 6.92 Å². The number of aryl methyl sites for hydroxylation is 2. The Bertz CT molecular complexity index is 842. The molecule has 1 aromatic heterocycles.